The SMILES string of the molecule is COc1nc(I)cc([N+](=O)[O-])c1C(F)F. The van der Waals surface area contributed by atoms with Crippen LogP contribution >= 0.6 is 22.6 Å². The van der Waals surface area contributed by atoms with Gasteiger partial charge in [-0.3, -0.25) is 10.1 Å². The molecule has 0 bridgehead atoms. The Morgan fingerprint density at radius 3 is 2.67 bits per heavy atom. The van der Waals surface area contributed by atoms with Crippen LogP contribution in [0.1, 0.15) is 12.0 Å². The molecule has 0 N–H and O–H groups in total. The number of rotatable bonds is 3. The number of hydrogen-bond acceptors (Lipinski definition) is 4. The molecule has 82 valence electrons. The Morgan fingerprint density at radius 2 is 2.27 bits per heavy atom. The molecule has 0 unspecified atom stereocenters. The Morgan fingerprint density at radius 1 is 1.67 bits per heavy atom. The molecule has 1 rings (SSSR count). The highest BCUT2D eigenvalue weighted by Crippen LogP contribution is 2.36. The van der Waals surface area contributed by atoms with Crippen molar-refractivity contribution < 1.29 is 18.4 Å². The average molecular weight is 330 g/mol. The van der Waals surface area contributed by atoms with Gasteiger partial charge in [-0.05, 0) is 22.6 Å². The summed E-state index contributed by atoms with van der Waals surface area (Å²) in [5.74, 6) is -0.413. The van der Waals surface area contributed by atoms with Crippen molar-refractivity contribution in [2.24, 2.45) is 0 Å². The van der Waals surface area contributed by atoms with Gasteiger partial charge in [0.15, 0.2) is 5.56 Å². The van der Waals surface area contributed by atoms with Gasteiger partial charge in [-0.25, -0.2) is 13.8 Å². The number of nitro groups is 1. The van der Waals surface area contributed by atoms with E-state index >= 15 is 0 Å². The summed E-state index contributed by atoms with van der Waals surface area (Å²) in [6, 6.07) is 0.977. The molecule has 5 nitrogen and oxygen atoms in total. The highest BCUT2D eigenvalue weighted by atomic mass is 127. The highest BCUT2D eigenvalue weighted by molar-refractivity contribution is 14.1. The third-order valence-corrected chi connectivity index (χ3v) is 2.13. The summed E-state index contributed by atoms with van der Waals surface area (Å²) < 4.78 is 29.9. The predicted molar refractivity (Wildman–Crippen MR) is 55.1 cm³/mol. The molecule has 0 radical (unpaired) electrons. The van der Waals surface area contributed by atoms with Crippen molar-refractivity contribution in [3.05, 3.63) is 25.4 Å². The Hall–Kier alpha value is -1.06. The van der Waals surface area contributed by atoms with E-state index in [0.29, 0.717) is 0 Å². The maximum atomic E-state index is 12.5. The molecule has 1 aromatic rings. The van der Waals surface area contributed by atoms with E-state index < -0.39 is 28.5 Å². The van der Waals surface area contributed by atoms with Crippen LogP contribution < -0.4 is 4.74 Å². The number of nitrogens with zero attached hydrogens (tertiary/aromatic N) is 2. The first-order valence-electron chi connectivity index (χ1n) is 3.64. The molecule has 1 heterocycles. The van der Waals surface area contributed by atoms with Crippen molar-refractivity contribution in [1.82, 2.24) is 4.98 Å². The number of methoxy groups -OCH3 is 1. The van der Waals surface area contributed by atoms with Crippen LogP contribution in [0.3, 0.4) is 0 Å². The topological polar surface area (TPSA) is 65.3 Å². The van der Waals surface area contributed by atoms with Gasteiger partial charge in [-0.2, -0.15) is 0 Å². The fraction of sp³-hybridized carbons (Fsp3) is 0.286. The largest absolute Gasteiger partial charge is 0.480 e. The summed E-state index contributed by atoms with van der Waals surface area (Å²) in [5, 5.41) is 10.5. The summed E-state index contributed by atoms with van der Waals surface area (Å²) >= 11 is 1.69. The van der Waals surface area contributed by atoms with Crippen molar-refractivity contribution in [2.45, 2.75) is 6.43 Å². The summed E-state index contributed by atoms with van der Waals surface area (Å²) in [7, 11) is 1.13. The lowest BCUT2D eigenvalue weighted by Gasteiger charge is -2.07. The van der Waals surface area contributed by atoms with Gasteiger partial charge in [0.2, 0.25) is 5.88 Å². The third kappa shape index (κ3) is 2.49. The van der Waals surface area contributed by atoms with Crippen LogP contribution in [0.25, 0.3) is 0 Å². The Bertz CT molecular complexity index is 400. The molecule has 0 spiro atoms. The van der Waals surface area contributed by atoms with Crippen LogP contribution in [0.5, 0.6) is 5.88 Å². The maximum Gasteiger partial charge on any atom is 0.286 e. The zero-order chi connectivity index (χ0) is 11.6. The maximum absolute atomic E-state index is 12.5. The van der Waals surface area contributed by atoms with Crippen molar-refractivity contribution in [3.63, 3.8) is 0 Å². The van der Waals surface area contributed by atoms with Crippen LogP contribution in [0.4, 0.5) is 14.5 Å². The molecule has 0 aliphatic heterocycles. The Balaban J connectivity index is 3.47. The van der Waals surface area contributed by atoms with E-state index in [1.165, 1.54) is 0 Å². The first-order valence-corrected chi connectivity index (χ1v) is 4.72. The quantitative estimate of drug-likeness (QED) is 0.370. The van der Waals surface area contributed by atoms with Crippen molar-refractivity contribution in [2.75, 3.05) is 7.11 Å². The molecule has 0 aliphatic carbocycles. The van der Waals surface area contributed by atoms with Gasteiger partial charge in [0, 0.05) is 6.07 Å². The van der Waals surface area contributed by atoms with Gasteiger partial charge in [0.1, 0.15) is 3.70 Å². The van der Waals surface area contributed by atoms with E-state index in [0.717, 1.165) is 13.2 Å². The lowest BCUT2D eigenvalue weighted by molar-refractivity contribution is -0.386. The number of ether oxygens (including phenoxy) is 1. The zero-order valence-corrected chi connectivity index (χ0v) is 9.57. The molecular formula is C7H5F2IN2O3. The van der Waals surface area contributed by atoms with Crippen LogP contribution in [-0.4, -0.2) is 17.0 Å². The molecule has 0 atom stereocenters. The number of pyridine rings is 1. The lowest BCUT2D eigenvalue weighted by Crippen LogP contribution is -2.03. The van der Waals surface area contributed by atoms with Gasteiger partial charge >= 0.3 is 0 Å². The van der Waals surface area contributed by atoms with Crippen molar-refractivity contribution in [1.29, 1.82) is 0 Å². The van der Waals surface area contributed by atoms with E-state index in [1.54, 1.807) is 22.6 Å². The standard InChI is InChI=1S/C7H5F2IN2O3/c1-15-7-5(6(8)9)3(12(13)14)2-4(10)11-7/h2,6H,1H3. The molecule has 0 aromatic carbocycles. The second kappa shape index (κ2) is 4.64. The average Bonchev–Trinajstić information content (AvgIpc) is 2.15. The molecule has 0 aliphatic rings. The molecule has 8 heteroatoms. The number of aromatic nitrogens is 1. The van der Waals surface area contributed by atoms with E-state index in [-0.39, 0.29) is 3.70 Å². The van der Waals surface area contributed by atoms with E-state index in [4.69, 9.17) is 0 Å². The molecule has 0 saturated carbocycles. The van der Waals surface area contributed by atoms with E-state index in [2.05, 4.69) is 9.72 Å². The van der Waals surface area contributed by atoms with Crippen LogP contribution in [0.2, 0.25) is 0 Å². The summed E-state index contributed by atoms with van der Waals surface area (Å²) in [6.07, 6.45) is -3.00. The van der Waals surface area contributed by atoms with Crippen molar-refractivity contribution in [3.8, 4) is 5.88 Å². The normalized spacial score (nSPS) is 10.5. The molecule has 0 fully saturated rings. The van der Waals surface area contributed by atoms with Crippen LogP contribution in [0, 0.1) is 13.8 Å². The Labute approximate surface area is 96.7 Å². The zero-order valence-electron chi connectivity index (χ0n) is 7.41. The fourth-order valence-electron chi connectivity index (χ4n) is 1.00. The minimum Gasteiger partial charge on any atom is -0.480 e. The van der Waals surface area contributed by atoms with E-state index in [9.17, 15) is 18.9 Å². The predicted octanol–water partition coefficient (Wildman–Crippen LogP) is 2.54. The molecule has 0 amide bonds. The molecular weight excluding hydrogens is 325 g/mol. The van der Waals surface area contributed by atoms with Gasteiger partial charge in [0.05, 0.1) is 12.0 Å². The summed E-state index contributed by atoms with van der Waals surface area (Å²) in [4.78, 5) is 13.3. The number of hydrogen-bond donors (Lipinski definition) is 0. The minimum atomic E-state index is -3.00. The summed E-state index contributed by atoms with van der Waals surface area (Å²) in [6.45, 7) is 0. The van der Waals surface area contributed by atoms with Gasteiger partial charge < -0.3 is 4.74 Å². The monoisotopic (exact) mass is 330 g/mol. The van der Waals surface area contributed by atoms with Crippen molar-refractivity contribution >= 4 is 28.3 Å². The van der Waals surface area contributed by atoms with E-state index in [1.807, 2.05) is 0 Å². The smallest absolute Gasteiger partial charge is 0.286 e. The fourth-order valence-corrected chi connectivity index (χ4v) is 1.52. The minimum absolute atomic E-state index is 0.223. The second-order valence-electron chi connectivity index (χ2n) is 2.44. The molecule has 0 saturated heterocycles. The summed E-state index contributed by atoms with van der Waals surface area (Å²) in [5.41, 5.74) is -1.47. The molecule has 1 aromatic heterocycles. The number of halogens is 3. The Kier molecular flexibility index (Phi) is 3.72. The second-order valence-corrected chi connectivity index (χ2v) is 3.55. The van der Waals surface area contributed by atoms with Gasteiger partial charge in [0.25, 0.3) is 12.1 Å². The number of alkyl halides is 2. The first-order chi connectivity index (χ1) is 6.97. The first kappa shape index (κ1) is 12.0. The van der Waals surface area contributed by atoms with Gasteiger partial charge in [-0.1, -0.05) is 0 Å². The third-order valence-electron chi connectivity index (χ3n) is 1.58. The van der Waals surface area contributed by atoms with Gasteiger partial charge in [-0.15, -0.1) is 0 Å². The van der Waals surface area contributed by atoms with Crippen LogP contribution in [-0.2, 0) is 0 Å². The van der Waals surface area contributed by atoms with Crippen LogP contribution in [0.15, 0.2) is 6.07 Å². The molecule has 15 heavy (non-hydrogen) atoms. The lowest BCUT2D eigenvalue weighted by atomic mass is 10.2. The highest BCUT2D eigenvalue weighted by Gasteiger charge is 2.28.